The van der Waals surface area contributed by atoms with Crippen LogP contribution in [0.2, 0.25) is 5.02 Å². The summed E-state index contributed by atoms with van der Waals surface area (Å²) >= 11 is 7.32. The molecule has 0 saturated heterocycles. The smallest absolute Gasteiger partial charge is 0.230 e. The lowest BCUT2D eigenvalue weighted by Gasteiger charge is -2.08. The van der Waals surface area contributed by atoms with E-state index in [9.17, 15) is 4.79 Å². The van der Waals surface area contributed by atoms with Crippen molar-refractivity contribution in [2.45, 2.75) is 32.1 Å². The number of aromatic nitrogens is 5. The minimum absolute atomic E-state index is 0.0642. The first kappa shape index (κ1) is 23.1. The lowest BCUT2D eigenvalue weighted by molar-refractivity contribution is -0.118. The molecular weight excluding hydrogens is 456 g/mol. The van der Waals surface area contributed by atoms with E-state index < -0.39 is 0 Å². The van der Waals surface area contributed by atoms with Gasteiger partial charge in [-0.05, 0) is 43.7 Å². The highest BCUT2D eigenvalue weighted by Crippen LogP contribution is 2.24. The largest absolute Gasteiger partial charge is 0.351 e. The fourth-order valence-corrected chi connectivity index (χ4v) is 4.43. The second kappa shape index (κ2) is 10.2. The Morgan fingerprint density at radius 3 is 2.52 bits per heavy atom. The number of hydrogen-bond donors (Lipinski definition) is 1. The van der Waals surface area contributed by atoms with E-state index in [4.69, 9.17) is 11.6 Å². The number of halogens is 1. The molecule has 2 aromatic carbocycles. The van der Waals surface area contributed by atoms with Gasteiger partial charge >= 0.3 is 0 Å². The first-order valence-electron chi connectivity index (χ1n) is 10.5. The predicted octanol–water partition coefficient (Wildman–Crippen LogP) is 4.41. The molecule has 0 fully saturated rings. The van der Waals surface area contributed by atoms with Gasteiger partial charge in [-0.3, -0.25) is 9.48 Å². The number of benzene rings is 2. The summed E-state index contributed by atoms with van der Waals surface area (Å²) in [5, 5.41) is 17.5. The number of carbonyl (C=O) groups is 1. The average Bonchev–Trinajstić information content (AvgIpc) is 3.30. The number of rotatable bonds is 8. The second-order valence-electron chi connectivity index (χ2n) is 7.73. The van der Waals surface area contributed by atoms with Crippen molar-refractivity contribution in [2.24, 2.45) is 7.05 Å². The zero-order valence-electron chi connectivity index (χ0n) is 18.7. The summed E-state index contributed by atoms with van der Waals surface area (Å²) in [4.78, 5) is 12.5. The van der Waals surface area contributed by atoms with E-state index >= 15 is 0 Å². The third kappa shape index (κ3) is 5.46. The van der Waals surface area contributed by atoms with Gasteiger partial charge in [0, 0.05) is 35.4 Å². The van der Waals surface area contributed by atoms with E-state index in [0.717, 1.165) is 28.3 Å². The highest BCUT2D eigenvalue weighted by atomic mass is 35.5. The van der Waals surface area contributed by atoms with Gasteiger partial charge in [-0.15, -0.1) is 10.2 Å². The summed E-state index contributed by atoms with van der Waals surface area (Å²) in [5.74, 6) is 0.917. The molecule has 0 aliphatic carbocycles. The molecule has 33 heavy (non-hydrogen) atoms. The number of aryl methyl sites for hydroxylation is 1. The molecule has 7 nitrogen and oxygen atoms in total. The third-order valence-corrected chi connectivity index (χ3v) is 6.71. The van der Waals surface area contributed by atoms with Crippen molar-refractivity contribution in [2.75, 3.05) is 5.75 Å². The molecule has 0 spiro atoms. The highest BCUT2D eigenvalue weighted by Gasteiger charge is 2.15. The fourth-order valence-electron chi connectivity index (χ4n) is 3.56. The van der Waals surface area contributed by atoms with Crippen LogP contribution in [-0.4, -0.2) is 36.2 Å². The lowest BCUT2D eigenvalue weighted by atomic mass is 10.2. The summed E-state index contributed by atoms with van der Waals surface area (Å²) in [6.45, 7) is 5.17. The number of hydrogen-bond acceptors (Lipinski definition) is 5. The summed E-state index contributed by atoms with van der Waals surface area (Å²) in [6, 6.07) is 17.6. The van der Waals surface area contributed by atoms with E-state index in [1.165, 1.54) is 17.3 Å². The van der Waals surface area contributed by atoms with Crippen molar-refractivity contribution in [3.05, 3.63) is 82.1 Å². The number of nitrogens with zero attached hydrogens (tertiary/aromatic N) is 5. The van der Waals surface area contributed by atoms with Crippen LogP contribution in [0.5, 0.6) is 0 Å². The molecule has 0 bridgehead atoms. The van der Waals surface area contributed by atoms with Crippen molar-refractivity contribution < 1.29 is 4.79 Å². The predicted molar refractivity (Wildman–Crippen MR) is 131 cm³/mol. The Labute approximate surface area is 202 Å². The van der Waals surface area contributed by atoms with Crippen LogP contribution < -0.4 is 5.32 Å². The number of carbonyl (C=O) groups excluding carboxylic acids is 1. The van der Waals surface area contributed by atoms with Crippen LogP contribution in [0, 0.1) is 13.8 Å². The monoisotopic (exact) mass is 480 g/mol. The topological polar surface area (TPSA) is 77.6 Å². The van der Waals surface area contributed by atoms with Crippen molar-refractivity contribution in [3.63, 3.8) is 0 Å². The molecule has 0 atom stereocenters. The van der Waals surface area contributed by atoms with Gasteiger partial charge in [0.2, 0.25) is 5.91 Å². The van der Waals surface area contributed by atoms with E-state index in [1.54, 1.807) is 0 Å². The SMILES string of the molecule is Cc1nn(Cc2ccccc2)c(C)c1CNC(=O)CSc1nnc(-c2ccc(Cl)cc2)n1C. The van der Waals surface area contributed by atoms with E-state index in [-0.39, 0.29) is 11.7 Å². The van der Waals surface area contributed by atoms with Gasteiger partial charge in [0.1, 0.15) is 0 Å². The molecular formula is C24H25ClN6OS. The Hall–Kier alpha value is -3.10. The minimum atomic E-state index is -0.0642. The molecule has 2 heterocycles. The third-order valence-electron chi connectivity index (χ3n) is 5.44. The van der Waals surface area contributed by atoms with E-state index in [0.29, 0.717) is 23.3 Å². The molecule has 9 heteroatoms. The summed E-state index contributed by atoms with van der Waals surface area (Å²) < 4.78 is 3.86. The molecule has 170 valence electrons. The quantitative estimate of drug-likeness (QED) is 0.378. The summed E-state index contributed by atoms with van der Waals surface area (Å²) in [6.07, 6.45) is 0. The van der Waals surface area contributed by atoms with Crippen LogP contribution in [0.4, 0.5) is 0 Å². The van der Waals surface area contributed by atoms with Gasteiger partial charge in [-0.25, -0.2) is 0 Å². The first-order valence-corrected chi connectivity index (χ1v) is 11.9. The van der Waals surface area contributed by atoms with Crippen LogP contribution in [-0.2, 0) is 24.9 Å². The van der Waals surface area contributed by atoms with Crippen LogP contribution in [0.3, 0.4) is 0 Å². The Morgan fingerprint density at radius 1 is 1.06 bits per heavy atom. The van der Waals surface area contributed by atoms with Gasteiger partial charge in [0.15, 0.2) is 11.0 Å². The van der Waals surface area contributed by atoms with Crippen LogP contribution >= 0.6 is 23.4 Å². The van der Waals surface area contributed by atoms with E-state index in [2.05, 4.69) is 32.7 Å². The highest BCUT2D eigenvalue weighted by molar-refractivity contribution is 7.99. The molecule has 0 radical (unpaired) electrons. The maximum absolute atomic E-state index is 12.5. The zero-order chi connectivity index (χ0) is 23.4. The van der Waals surface area contributed by atoms with Gasteiger partial charge < -0.3 is 9.88 Å². The van der Waals surface area contributed by atoms with Crippen LogP contribution in [0.15, 0.2) is 59.8 Å². The Bertz CT molecular complexity index is 1250. The minimum Gasteiger partial charge on any atom is -0.351 e. The molecule has 4 aromatic rings. The van der Waals surface area contributed by atoms with Crippen LogP contribution in [0.25, 0.3) is 11.4 Å². The second-order valence-corrected chi connectivity index (χ2v) is 9.11. The van der Waals surface area contributed by atoms with Crippen molar-refractivity contribution >= 4 is 29.3 Å². The van der Waals surface area contributed by atoms with Gasteiger partial charge in [-0.1, -0.05) is 53.7 Å². The van der Waals surface area contributed by atoms with Crippen molar-refractivity contribution in [1.82, 2.24) is 29.9 Å². The van der Waals surface area contributed by atoms with Gasteiger partial charge in [0.05, 0.1) is 18.0 Å². The summed E-state index contributed by atoms with van der Waals surface area (Å²) in [5.41, 5.74) is 5.15. The standard InChI is InChI=1S/C24H25ClN6OS/c1-16-21(17(2)31(29-16)14-18-7-5-4-6-8-18)13-26-22(32)15-33-24-28-27-23(30(24)3)19-9-11-20(25)12-10-19/h4-12H,13-15H2,1-3H3,(H,26,32). The van der Waals surface area contributed by atoms with Crippen LogP contribution in [0.1, 0.15) is 22.5 Å². The van der Waals surface area contributed by atoms with Crippen molar-refractivity contribution in [3.8, 4) is 11.4 Å². The molecule has 1 amide bonds. The molecule has 1 N–H and O–H groups in total. The zero-order valence-corrected chi connectivity index (χ0v) is 20.3. The maximum Gasteiger partial charge on any atom is 0.230 e. The van der Waals surface area contributed by atoms with E-state index in [1.807, 2.05) is 72.6 Å². The number of nitrogens with one attached hydrogen (secondary N) is 1. The Balaban J connectivity index is 1.34. The normalized spacial score (nSPS) is 11.0. The molecule has 2 aromatic heterocycles. The molecule has 0 unspecified atom stereocenters. The first-order chi connectivity index (χ1) is 15.9. The molecule has 4 rings (SSSR count). The maximum atomic E-state index is 12.5. The fraction of sp³-hybridized carbons (Fsp3) is 0.250. The summed E-state index contributed by atoms with van der Waals surface area (Å²) in [7, 11) is 1.89. The number of amides is 1. The Morgan fingerprint density at radius 2 is 1.79 bits per heavy atom. The molecule has 0 aliphatic rings. The molecule has 0 aliphatic heterocycles. The van der Waals surface area contributed by atoms with Gasteiger partial charge in [-0.2, -0.15) is 5.10 Å². The van der Waals surface area contributed by atoms with Crippen molar-refractivity contribution in [1.29, 1.82) is 0 Å². The van der Waals surface area contributed by atoms with Gasteiger partial charge in [0.25, 0.3) is 0 Å². The lowest BCUT2D eigenvalue weighted by Crippen LogP contribution is -2.25. The number of thioether (sulfide) groups is 1. The molecule has 0 saturated carbocycles. The average molecular weight is 481 g/mol. The Kier molecular flexibility index (Phi) is 7.15.